The van der Waals surface area contributed by atoms with Crippen LogP contribution in [0.25, 0.3) is 0 Å². The largest absolute Gasteiger partial charge is 0.490 e. The van der Waals surface area contributed by atoms with E-state index in [2.05, 4.69) is 6.07 Å². The minimum absolute atomic E-state index is 0.427. The van der Waals surface area contributed by atoms with Crippen LogP contribution in [0.4, 0.5) is 0 Å². The van der Waals surface area contributed by atoms with Gasteiger partial charge in [-0.3, -0.25) is 0 Å². The fourth-order valence-electron chi connectivity index (χ4n) is 1.75. The number of benzene rings is 2. The van der Waals surface area contributed by atoms with E-state index in [-0.39, 0.29) is 0 Å². The van der Waals surface area contributed by atoms with Gasteiger partial charge in [-0.25, -0.2) is 0 Å². The second kappa shape index (κ2) is 7.20. The summed E-state index contributed by atoms with van der Waals surface area (Å²) in [6.07, 6.45) is 0.427. The molecule has 0 heterocycles. The van der Waals surface area contributed by atoms with Gasteiger partial charge < -0.3 is 9.47 Å². The molecule has 0 saturated carbocycles. The topological polar surface area (TPSA) is 42.2 Å². The lowest BCUT2D eigenvalue weighted by Crippen LogP contribution is -2.08. The van der Waals surface area contributed by atoms with E-state index in [1.165, 1.54) is 5.56 Å². The molecule has 0 saturated heterocycles. The van der Waals surface area contributed by atoms with Crippen molar-refractivity contribution in [1.82, 2.24) is 0 Å². The van der Waals surface area contributed by atoms with Crippen molar-refractivity contribution in [3.05, 3.63) is 59.7 Å². The third-order valence-electron chi connectivity index (χ3n) is 2.85. The Morgan fingerprint density at radius 3 is 1.85 bits per heavy atom. The van der Waals surface area contributed by atoms with Crippen LogP contribution in [-0.4, -0.2) is 13.2 Å². The SMILES string of the molecule is Cc1ccc(OCCOc2ccc(CC#N)cc2)cc1. The zero-order chi connectivity index (χ0) is 14.2. The highest BCUT2D eigenvalue weighted by Gasteiger charge is 1.97. The van der Waals surface area contributed by atoms with Crippen LogP contribution in [-0.2, 0) is 6.42 Å². The normalized spacial score (nSPS) is 9.80. The molecule has 0 amide bonds. The molecule has 0 fully saturated rings. The Labute approximate surface area is 119 Å². The zero-order valence-electron chi connectivity index (χ0n) is 11.5. The summed E-state index contributed by atoms with van der Waals surface area (Å²) in [5.74, 6) is 1.64. The number of nitrogens with zero attached hydrogens (tertiary/aromatic N) is 1. The van der Waals surface area contributed by atoms with Crippen molar-refractivity contribution in [1.29, 1.82) is 5.26 Å². The predicted octanol–water partition coefficient (Wildman–Crippen LogP) is 3.52. The standard InChI is InChI=1S/C17H17NO2/c1-14-2-6-16(7-3-14)19-12-13-20-17-8-4-15(5-9-17)10-11-18/h2-9H,10,12-13H2,1H3. The molecule has 0 aliphatic heterocycles. The lowest BCUT2D eigenvalue weighted by molar-refractivity contribution is 0.217. The van der Waals surface area contributed by atoms with Crippen LogP contribution in [0.15, 0.2) is 48.5 Å². The molecule has 0 radical (unpaired) electrons. The third-order valence-corrected chi connectivity index (χ3v) is 2.85. The maximum Gasteiger partial charge on any atom is 0.122 e. The van der Waals surface area contributed by atoms with Crippen molar-refractivity contribution in [3.63, 3.8) is 0 Å². The summed E-state index contributed by atoms with van der Waals surface area (Å²) in [6.45, 7) is 3.04. The van der Waals surface area contributed by atoms with Gasteiger partial charge in [0.2, 0.25) is 0 Å². The van der Waals surface area contributed by atoms with Crippen LogP contribution in [0.2, 0.25) is 0 Å². The molecule has 102 valence electrons. The van der Waals surface area contributed by atoms with E-state index in [1.807, 2.05) is 55.5 Å². The Morgan fingerprint density at radius 2 is 1.35 bits per heavy atom. The summed E-state index contributed by atoms with van der Waals surface area (Å²) in [4.78, 5) is 0. The van der Waals surface area contributed by atoms with E-state index in [1.54, 1.807) is 0 Å². The zero-order valence-corrected chi connectivity index (χ0v) is 11.5. The third kappa shape index (κ3) is 4.33. The number of nitriles is 1. The van der Waals surface area contributed by atoms with Gasteiger partial charge in [-0.1, -0.05) is 29.8 Å². The van der Waals surface area contributed by atoms with Gasteiger partial charge in [0.05, 0.1) is 12.5 Å². The summed E-state index contributed by atoms with van der Waals surface area (Å²) in [5.41, 5.74) is 2.21. The van der Waals surface area contributed by atoms with Crippen molar-refractivity contribution >= 4 is 0 Å². The highest BCUT2D eigenvalue weighted by Crippen LogP contribution is 2.13. The Kier molecular flexibility index (Phi) is 5.02. The summed E-state index contributed by atoms with van der Waals surface area (Å²) >= 11 is 0. The van der Waals surface area contributed by atoms with Crippen LogP contribution >= 0.6 is 0 Å². The van der Waals surface area contributed by atoms with Gasteiger partial charge in [-0.15, -0.1) is 0 Å². The van der Waals surface area contributed by atoms with E-state index in [4.69, 9.17) is 14.7 Å². The van der Waals surface area contributed by atoms with Gasteiger partial charge >= 0.3 is 0 Å². The van der Waals surface area contributed by atoms with Gasteiger partial charge in [0.15, 0.2) is 0 Å². The quantitative estimate of drug-likeness (QED) is 0.752. The molecule has 0 aromatic heterocycles. The van der Waals surface area contributed by atoms with E-state index in [0.29, 0.717) is 19.6 Å². The van der Waals surface area contributed by atoms with Gasteiger partial charge in [-0.2, -0.15) is 5.26 Å². The van der Waals surface area contributed by atoms with Crippen LogP contribution in [0.5, 0.6) is 11.5 Å². The molecule has 3 heteroatoms. The van der Waals surface area contributed by atoms with Crippen molar-refractivity contribution in [3.8, 4) is 17.6 Å². The Bertz CT molecular complexity index is 567. The molecule has 0 bridgehead atoms. The Morgan fingerprint density at radius 1 is 0.850 bits per heavy atom. The molecule has 0 aliphatic carbocycles. The first-order valence-corrected chi connectivity index (χ1v) is 6.56. The summed E-state index contributed by atoms with van der Waals surface area (Å²) in [6, 6.07) is 17.6. The lowest BCUT2D eigenvalue weighted by atomic mass is 10.2. The number of aryl methyl sites for hydroxylation is 1. The Balaban J connectivity index is 1.73. The lowest BCUT2D eigenvalue weighted by Gasteiger charge is -2.08. The average Bonchev–Trinajstić information content (AvgIpc) is 2.47. The van der Waals surface area contributed by atoms with E-state index < -0.39 is 0 Å². The van der Waals surface area contributed by atoms with Crippen LogP contribution in [0.3, 0.4) is 0 Å². The molecule has 0 atom stereocenters. The van der Waals surface area contributed by atoms with Crippen LogP contribution in [0, 0.1) is 18.3 Å². The number of hydrogen-bond donors (Lipinski definition) is 0. The van der Waals surface area contributed by atoms with Crippen LogP contribution < -0.4 is 9.47 Å². The molecule has 3 nitrogen and oxygen atoms in total. The van der Waals surface area contributed by atoms with E-state index in [0.717, 1.165) is 17.1 Å². The second-order valence-electron chi connectivity index (χ2n) is 4.49. The number of hydrogen-bond acceptors (Lipinski definition) is 3. The molecule has 0 aliphatic rings. The van der Waals surface area contributed by atoms with Crippen molar-refractivity contribution in [2.24, 2.45) is 0 Å². The first kappa shape index (κ1) is 14.0. The number of ether oxygens (including phenoxy) is 2. The molecular weight excluding hydrogens is 250 g/mol. The molecule has 0 unspecified atom stereocenters. The van der Waals surface area contributed by atoms with Crippen molar-refractivity contribution in [2.45, 2.75) is 13.3 Å². The maximum absolute atomic E-state index is 8.59. The Hall–Kier alpha value is -2.47. The minimum Gasteiger partial charge on any atom is -0.490 e. The monoisotopic (exact) mass is 267 g/mol. The number of rotatable bonds is 6. The molecule has 0 spiro atoms. The molecule has 2 rings (SSSR count). The van der Waals surface area contributed by atoms with Gasteiger partial charge in [0.25, 0.3) is 0 Å². The van der Waals surface area contributed by atoms with Gasteiger partial charge in [-0.05, 0) is 36.8 Å². The first-order chi connectivity index (χ1) is 9.78. The predicted molar refractivity (Wildman–Crippen MR) is 77.9 cm³/mol. The van der Waals surface area contributed by atoms with Gasteiger partial charge in [0.1, 0.15) is 24.7 Å². The van der Waals surface area contributed by atoms with Crippen molar-refractivity contribution in [2.75, 3.05) is 13.2 Å². The molecule has 20 heavy (non-hydrogen) atoms. The highest BCUT2D eigenvalue weighted by molar-refractivity contribution is 5.29. The maximum atomic E-state index is 8.59. The van der Waals surface area contributed by atoms with Crippen LogP contribution in [0.1, 0.15) is 11.1 Å². The van der Waals surface area contributed by atoms with E-state index >= 15 is 0 Å². The minimum atomic E-state index is 0.427. The molecule has 2 aromatic rings. The average molecular weight is 267 g/mol. The van der Waals surface area contributed by atoms with Gasteiger partial charge in [0, 0.05) is 0 Å². The fraction of sp³-hybridized carbons (Fsp3) is 0.235. The second-order valence-corrected chi connectivity index (χ2v) is 4.49. The molecule has 0 N–H and O–H groups in total. The van der Waals surface area contributed by atoms with E-state index in [9.17, 15) is 0 Å². The highest BCUT2D eigenvalue weighted by atomic mass is 16.5. The smallest absolute Gasteiger partial charge is 0.122 e. The first-order valence-electron chi connectivity index (χ1n) is 6.56. The summed E-state index contributed by atoms with van der Waals surface area (Å²) in [7, 11) is 0. The molecular formula is C17H17NO2. The summed E-state index contributed by atoms with van der Waals surface area (Å²) in [5, 5.41) is 8.59. The fourth-order valence-corrected chi connectivity index (χ4v) is 1.75. The molecule has 2 aromatic carbocycles. The summed E-state index contributed by atoms with van der Waals surface area (Å²) < 4.78 is 11.2. The van der Waals surface area contributed by atoms with Crippen molar-refractivity contribution < 1.29 is 9.47 Å².